The van der Waals surface area contributed by atoms with E-state index in [9.17, 15) is 27.6 Å². The molecule has 1 amide bonds. The molecule has 0 bridgehead atoms. The summed E-state index contributed by atoms with van der Waals surface area (Å²) >= 11 is 0. The van der Waals surface area contributed by atoms with Gasteiger partial charge in [0.15, 0.2) is 0 Å². The van der Waals surface area contributed by atoms with Crippen molar-refractivity contribution in [3.05, 3.63) is 32.6 Å². The zero-order valence-electron chi connectivity index (χ0n) is 12.6. The van der Waals surface area contributed by atoms with Crippen molar-refractivity contribution in [2.24, 2.45) is 7.05 Å². The minimum atomic E-state index is -4.31. The Balaban J connectivity index is 2.07. The van der Waals surface area contributed by atoms with Crippen LogP contribution in [0.2, 0.25) is 0 Å². The highest BCUT2D eigenvalue weighted by Crippen LogP contribution is 2.30. The fourth-order valence-corrected chi connectivity index (χ4v) is 2.67. The van der Waals surface area contributed by atoms with Gasteiger partial charge in [-0.3, -0.25) is 19.5 Å². The number of nitrogens with zero attached hydrogens (tertiary/aromatic N) is 2. The molecule has 0 aliphatic carbocycles. The van der Waals surface area contributed by atoms with Crippen LogP contribution in [-0.2, 0) is 7.05 Å². The standard InChI is InChI=1S/C13H17F3N4O3/c1-19-5-7(3-4-9(19)13(14,15)16)17-10(21)8-6-20(2)12(23)18-11(8)22/h6-7,9H,3-5H2,1-2H3,(H,17,21)(H,18,22,23)/t7-,9-/m0/s1. The second-order valence-corrected chi connectivity index (χ2v) is 5.66. The number of carbonyl (C=O) groups is 1. The molecule has 2 atom stereocenters. The molecule has 1 saturated heterocycles. The largest absolute Gasteiger partial charge is 0.404 e. The molecular formula is C13H17F3N4O3. The molecule has 7 nitrogen and oxygen atoms in total. The molecule has 0 saturated carbocycles. The lowest BCUT2D eigenvalue weighted by molar-refractivity contribution is -0.188. The van der Waals surface area contributed by atoms with E-state index < -0.39 is 35.4 Å². The van der Waals surface area contributed by atoms with Crippen LogP contribution in [-0.4, -0.2) is 52.2 Å². The summed E-state index contributed by atoms with van der Waals surface area (Å²) in [4.78, 5) is 38.1. The van der Waals surface area contributed by atoms with Gasteiger partial charge in [0.2, 0.25) is 0 Å². The van der Waals surface area contributed by atoms with Gasteiger partial charge in [0.05, 0.1) is 0 Å². The summed E-state index contributed by atoms with van der Waals surface area (Å²) in [5, 5.41) is 2.54. The fraction of sp³-hybridized carbons (Fsp3) is 0.615. The van der Waals surface area contributed by atoms with Crippen LogP contribution in [0, 0.1) is 0 Å². The maximum absolute atomic E-state index is 12.8. The summed E-state index contributed by atoms with van der Waals surface area (Å²) in [5.41, 5.74) is -1.74. The number of halogens is 3. The van der Waals surface area contributed by atoms with Gasteiger partial charge in [0.1, 0.15) is 11.6 Å². The van der Waals surface area contributed by atoms with E-state index in [-0.39, 0.29) is 24.9 Å². The zero-order chi connectivity index (χ0) is 17.4. The number of amides is 1. The number of hydrogen-bond acceptors (Lipinski definition) is 4. The van der Waals surface area contributed by atoms with E-state index in [1.165, 1.54) is 14.1 Å². The molecule has 1 aliphatic rings. The maximum Gasteiger partial charge on any atom is 0.404 e. The number of likely N-dealkylation sites (tertiary alicyclic amines) is 1. The number of aromatic amines is 1. The third-order valence-electron chi connectivity index (χ3n) is 3.89. The number of aryl methyl sites for hydroxylation is 1. The van der Waals surface area contributed by atoms with Gasteiger partial charge < -0.3 is 9.88 Å². The topological polar surface area (TPSA) is 87.2 Å². The van der Waals surface area contributed by atoms with Crippen molar-refractivity contribution in [2.75, 3.05) is 13.6 Å². The van der Waals surface area contributed by atoms with Crippen molar-refractivity contribution >= 4 is 5.91 Å². The minimum absolute atomic E-state index is 0.0274. The Bertz CT molecular complexity index is 710. The summed E-state index contributed by atoms with van der Waals surface area (Å²) in [7, 11) is 2.72. The highest BCUT2D eigenvalue weighted by atomic mass is 19.4. The number of hydrogen-bond donors (Lipinski definition) is 2. The Morgan fingerprint density at radius 3 is 2.52 bits per heavy atom. The predicted molar refractivity (Wildman–Crippen MR) is 75.3 cm³/mol. The van der Waals surface area contributed by atoms with E-state index in [4.69, 9.17) is 0 Å². The van der Waals surface area contributed by atoms with Crippen LogP contribution in [0.15, 0.2) is 15.8 Å². The van der Waals surface area contributed by atoms with Crippen LogP contribution in [0.5, 0.6) is 0 Å². The molecule has 1 aliphatic heterocycles. The summed E-state index contributed by atoms with van der Waals surface area (Å²) in [6.07, 6.45) is -3.18. The highest BCUT2D eigenvalue weighted by Gasteiger charge is 2.44. The van der Waals surface area contributed by atoms with Crippen molar-refractivity contribution in [3.63, 3.8) is 0 Å². The lowest BCUT2D eigenvalue weighted by Gasteiger charge is -2.38. The third kappa shape index (κ3) is 3.81. The van der Waals surface area contributed by atoms with Gasteiger partial charge in [-0.25, -0.2) is 4.79 Å². The van der Waals surface area contributed by atoms with Gasteiger partial charge >= 0.3 is 11.9 Å². The molecule has 1 fully saturated rings. The lowest BCUT2D eigenvalue weighted by atomic mass is 9.98. The monoisotopic (exact) mass is 334 g/mol. The van der Waals surface area contributed by atoms with Crippen LogP contribution >= 0.6 is 0 Å². The SMILES string of the molecule is CN1C[C@@H](NC(=O)c2cn(C)c(=O)[nH]c2=O)CC[C@H]1C(F)(F)F. The third-order valence-corrected chi connectivity index (χ3v) is 3.89. The van der Waals surface area contributed by atoms with Crippen molar-refractivity contribution in [3.8, 4) is 0 Å². The fourth-order valence-electron chi connectivity index (χ4n) is 2.67. The number of alkyl halides is 3. The molecule has 1 aromatic rings. The molecule has 0 spiro atoms. The maximum atomic E-state index is 12.8. The number of nitrogens with one attached hydrogen (secondary N) is 2. The Morgan fingerprint density at radius 1 is 1.30 bits per heavy atom. The summed E-state index contributed by atoms with van der Waals surface area (Å²) in [6.45, 7) is 0.0274. The normalized spacial score (nSPS) is 22.8. The van der Waals surface area contributed by atoms with Crippen molar-refractivity contribution in [1.29, 1.82) is 0 Å². The Hall–Kier alpha value is -2.10. The van der Waals surface area contributed by atoms with E-state index in [2.05, 4.69) is 5.32 Å². The summed E-state index contributed by atoms with van der Waals surface area (Å²) in [5.74, 6) is -0.717. The molecule has 10 heteroatoms. The quantitative estimate of drug-likeness (QED) is 0.786. The number of rotatable bonds is 2. The van der Waals surface area contributed by atoms with E-state index in [0.717, 1.165) is 15.7 Å². The number of piperidine rings is 1. The molecule has 0 aromatic carbocycles. The number of H-pyrrole nitrogens is 1. The molecule has 23 heavy (non-hydrogen) atoms. The second-order valence-electron chi connectivity index (χ2n) is 5.66. The van der Waals surface area contributed by atoms with Crippen LogP contribution in [0.3, 0.4) is 0 Å². The van der Waals surface area contributed by atoms with Gasteiger partial charge in [-0.1, -0.05) is 0 Å². The first-order valence-corrected chi connectivity index (χ1v) is 6.97. The van der Waals surface area contributed by atoms with Gasteiger partial charge in [-0.15, -0.1) is 0 Å². The average Bonchev–Trinajstić information content (AvgIpc) is 2.41. The molecule has 2 rings (SSSR count). The van der Waals surface area contributed by atoms with E-state index >= 15 is 0 Å². The first kappa shape index (κ1) is 17.3. The van der Waals surface area contributed by atoms with E-state index in [0.29, 0.717) is 0 Å². The van der Waals surface area contributed by atoms with Crippen molar-refractivity contribution < 1.29 is 18.0 Å². The second kappa shape index (κ2) is 6.19. The van der Waals surface area contributed by atoms with Crippen LogP contribution < -0.4 is 16.6 Å². The zero-order valence-corrected chi connectivity index (χ0v) is 12.6. The first-order valence-electron chi connectivity index (χ1n) is 6.97. The van der Waals surface area contributed by atoms with Crippen LogP contribution in [0.4, 0.5) is 13.2 Å². The smallest absolute Gasteiger partial charge is 0.348 e. The van der Waals surface area contributed by atoms with Crippen molar-refractivity contribution in [2.45, 2.75) is 31.1 Å². The molecule has 2 heterocycles. The van der Waals surface area contributed by atoms with Gasteiger partial charge in [-0.2, -0.15) is 13.2 Å². The average molecular weight is 334 g/mol. The van der Waals surface area contributed by atoms with E-state index in [1.807, 2.05) is 4.98 Å². The van der Waals surface area contributed by atoms with Gasteiger partial charge in [0, 0.05) is 25.8 Å². The number of carbonyl (C=O) groups excluding carboxylic acids is 1. The van der Waals surface area contributed by atoms with E-state index in [1.54, 1.807) is 0 Å². The Morgan fingerprint density at radius 2 is 1.96 bits per heavy atom. The highest BCUT2D eigenvalue weighted by molar-refractivity contribution is 5.93. The molecule has 1 aromatic heterocycles. The van der Waals surface area contributed by atoms with Crippen molar-refractivity contribution in [1.82, 2.24) is 19.8 Å². The van der Waals surface area contributed by atoms with Gasteiger partial charge in [0.25, 0.3) is 11.5 Å². The van der Waals surface area contributed by atoms with Crippen LogP contribution in [0.1, 0.15) is 23.2 Å². The molecule has 0 unspecified atom stereocenters. The first-order chi connectivity index (χ1) is 10.6. The Labute approximate surface area is 129 Å². The number of aromatic nitrogens is 2. The molecule has 128 valence electrons. The Kier molecular flexibility index (Phi) is 4.64. The minimum Gasteiger partial charge on any atom is -0.348 e. The number of likely N-dealkylation sites (N-methyl/N-ethyl adjacent to an activating group) is 1. The van der Waals surface area contributed by atoms with Gasteiger partial charge in [-0.05, 0) is 19.9 Å². The molecular weight excluding hydrogens is 317 g/mol. The summed E-state index contributed by atoms with van der Waals surface area (Å²) in [6, 6.07) is -2.03. The molecule has 0 radical (unpaired) electrons. The lowest BCUT2D eigenvalue weighted by Crippen LogP contribution is -2.55. The molecule has 2 N–H and O–H groups in total. The predicted octanol–water partition coefficient (Wildman–Crippen LogP) is -0.172. The summed E-state index contributed by atoms with van der Waals surface area (Å²) < 4.78 is 39.4. The van der Waals surface area contributed by atoms with Crippen LogP contribution in [0.25, 0.3) is 0 Å².